The van der Waals surface area contributed by atoms with Crippen LogP contribution in [0.5, 0.6) is 0 Å². The van der Waals surface area contributed by atoms with Gasteiger partial charge in [0, 0.05) is 6.54 Å². The van der Waals surface area contributed by atoms with Crippen molar-refractivity contribution in [3.63, 3.8) is 0 Å². The Labute approximate surface area is 159 Å². The number of benzene rings is 1. The predicted octanol–water partition coefficient (Wildman–Crippen LogP) is 4.19. The van der Waals surface area contributed by atoms with Crippen LogP contribution >= 0.6 is 34.5 Å². The van der Waals surface area contributed by atoms with Crippen LogP contribution in [-0.4, -0.2) is 29.3 Å². The standard InChI is InChI=1S/C17H17Cl2N3O2S/c18-12-7-6-11(10-13(12)19)20-21-16(23)14-4-1-2-8-22(14)17(24)15-5-3-9-25-15/h3,5-7,9-10,14,20H,1-2,4,8H2,(H,21,23)/t14-/m1/s1. The lowest BCUT2D eigenvalue weighted by atomic mass is 10.0. The Morgan fingerprint density at radius 2 is 2.00 bits per heavy atom. The van der Waals surface area contributed by atoms with Crippen LogP contribution in [0.3, 0.4) is 0 Å². The van der Waals surface area contributed by atoms with E-state index in [-0.39, 0.29) is 11.8 Å². The van der Waals surface area contributed by atoms with Crippen molar-refractivity contribution in [3.8, 4) is 0 Å². The number of hydrogen-bond donors (Lipinski definition) is 2. The molecule has 132 valence electrons. The van der Waals surface area contributed by atoms with Gasteiger partial charge >= 0.3 is 0 Å². The number of rotatable bonds is 4. The Hall–Kier alpha value is -1.76. The van der Waals surface area contributed by atoms with Crippen LogP contribution in [-0.2, 0) is 4.79 Å². The molecule has 1 saturated heterocycles. The van der Waals surface area contributed by atoms with Crippen molar-refractivity contribution >= 4 is 52.0 Å². The molecule has 0 spiro atoms. The first-order valence-corrected chi connectivity index (χ1v) is 9.55. The Bertz CT molecular complexity index is 767. The molecular weight excluding hydrogens is 381 g/mol. The lowest BCUT2D eigenvalue weighted by Crippen LogP contribution is -2.52. The summed E-state index contributed by atoms with van der Waals surface area (Å²) >= 11 is 13.2. The molecule has 5 nitrogen and oxygen atoms in total. The van der Waals surface area contributed by atoms with Gasteiger partial charge in [0.05, 0.1) is 20.6 Å². The second-order valence-electron chi connectivity index (χ2n) is 5.73. The molecule has 0 bridgehead atoms. The first-order chi connectivity index (χ1) is 12.1. The van der Waals surface area contributed by atoms with Crippen LogP contribution in [0.4, 0.5) is 5.69 Å². The summed E-state index contributed by atoms with van der Waals surface area (Å²) < 4.78 is 0. The van der Waals surface area contributed by atoms with Crippen LogP contribution in [0.25, 0.3) is 0 Å². The van der Waals surface area contributed by atoms with Gasteiger partial charge in [-0.05, 0) is 48.9 Å². The minimum Gasteiger partial charge on any atom is -0.326 e. The van der Waals surface area contributed by atoms with Gasteiger partial charge in [-0.1, -0.05) is 29.3 Å². The Morgan fingerprint density at radius 3 is 2.72 bits per heavy atom. The molecule has 2 heterocycles. The molecule has 0 unspecified atom stereocenters. The summed E-state index contributed by atoms with van der Waals surface area (Å²) in [6, 6.07) is 8.11. The average Bonchev–Trinajstić information content (AvgIpc) is 3.16. The molecule has 3 rings (SSSR count). The summed E-state index contributed by atoms with van der Waals surface area (Å²) in [4.78, 5) is 27.5. The number of carbonyl (C=O) groups excluding carboxylic acids is 2. The fraction of sp³-hybridized carbons (Fsp3) is 0.294. The molecule has 25 heavy (non-hydrogen) atoms. The smallest absolute Gasteiger partial charge is 0.264 e. The lowest BCUT2D eigenvalue weighted by Gasteiger charge is -2.34. The molecule has 0 aliphatic carbocycles. The van der Waals surface area contributed by atoms with Gasteiger partial charge in [0.2, 0.25) is 0 Å². The number of amides is 2. The van der Waals surface area contributed by atoms with E-state index < -0.39 is 6.04 Å². The van der Waals surface area contributed by atoms with Crippen LogP contribution < -0.4 is 10.9 Å². The van der Waals surface area contributed by atoms with Crippen LogP contribution in [0.15, 0.2) is 35.7 Å². The second-order valence-corrected chi connectivity index (χ2v) is 7.49. The Balaban J connectivity index is 1.66. The Morgan fingerprint density at radius 1 is 1.16 bits per heavy atom. The fourth-order valence-electron chi connectivity index (χ4n) is 2.78. The summed E-state index contributed by atoms with van der Waals surface area (Å²) in [5, 5.41) is 2.70. The fourth-order valence-corrected chi connectivity index (χ4v) is 3.76. The minimum absolute atomic E-state index is 0.0932. The quantitative estimate of drug-likeness (QED) is 0.760. The average molecular weight is 398 g/mol. The highest BCUT2D eigenvalue weighted by molar-refractivity contribution is 7.12. The second kappa shape index (κ2) is 8.08. The Kier molecular flexibility index (Phi) is 5.83. The van der Waals surface area contributed by atoms with Gasteiger partial charge in [0.25, 0.3) is 11.8 Å². The number of thiophene rings is 1. The molecule has 1 aliphatic heterocycles. The van der Waals surface area contributed by atoms with Gasteiger partial charge in [-0.3, -0.25) is 20.4 Å². The molecule has 1 fully saturated rings. The number of anilines is 1. The third kappa shape index (κ3) is 4.26. The zero-order valence-electron chi connectivity index (χ0n) is 13.3. The van der Waals surface area contributed by atoms with Crippen LogP contribution in [0.2, 0.25) is 10.0 Å². The van der Waals surface area contributed by atoms with Crippen LogP contribution in [0.1, 0.15) is 28.9 Å². The lowest BCUT2D eigenvalue weighted by molar-refractivity contribution is -0.126. The van der Waals surface area contributed by atoms with Crippen molar-refractivity contribution in [2.24, 2.45) is 0 Å². The summed E-state index contributed by atoms with van der Waals surface area (Å²) in [5.74, 6) is -0.333. The molecular formula is C17H17Cl2N3O2S. The van der Waals surface area contributed by atoms with E-state index in [0.29, 0.717) is 33.6 Å². The first-order valence-electron chi connectivity index (χ1n) is 7.91. The van der Waals surface area contributed by atoms with Gasteiger partial charge < -0.3 is 4.90 Å². The largest absolute Gasteiger partial charge is 0.326 e. The van der Waals surface area contributed by atoms with Crippen molar-refractivity contribution in [2.75, 3.05) is 12.0 Å². The predicted molar refractivity (Wildman–Crippen MR) is 101 cm³/mol. The molecule has 0 saturated carbocycles. The van der Waals surface area contributed by atoms with Crippen molar-refractivity contribution < 1.29 is 9.59 Å². The first kappa shape index (κ1) is 18.0. The molecule has 2 N–H and O–H groups in total. The van der Waals surface area contributed by atoms with Gasteiger partial charge in [-0.15, -0.1) is 11.3 Å². The number of nitrogens with zero attached hydrogens (tertiary/aromatic N) is 1. The number of piperidine rings is 1. The zero-order chi connectivity index (χ0) is 17.8. The highest BCUT2D eigenvalue weighted by atomic mass is 35.5. The van der Waals surface area contributed by atoms with E-state index in [0.717, 1.165) is 12.8 Å². The van der Waals surface area contributed by atoms with E-state index in [2.05, 4.69) is 10.9 Å². The highest BCUT2D eigenvalue weighted by Crippen LogP contribution is 2.25. The molecule has 1 aliphatic rings. The van der Waals surface area contributed by atoms with Crippen LogP contribution in [0, 0.1) is 0 Å². The van der Waals surface area contributed by atoms with E-state index in [1.165, 1.54) is 11.3 Å². The topological polar surface area (TPSA) is 61.4 Å². The van der Waals surface area contributed by atoms with Gasteiger partial charge in [0.15, 0.2) is 0 Å². The monoisotopic (exact) mass is 397 g/mol. The van der Waals surface area contributed by atoms with Crippen molar-refractivity contribution in [1.29, 1.82) is 0 Å². The molecule has 8 heteroatoms. The number of hydrogen-bond acceptors (Lipinski definition) is 4. The molecule has 1 aromatic carbocycles. The number of halogens is 2. The van der Waals surface area contributed by atoms with E-state index >= 15 is 0 Å². The molecule has 2 aromatic rings. The van der Waals surface area contributed by atoms with E-state index in [9.17, 15) is 9.59 Å². The zero-order valence-corrected chi connectivity index (χ0v) is 15.6. The summed E-state index contributed by atoms with van der Waals surface area (Å²) in [6.45, 7) is 0.585. The number of nitrogens with one attached hydrogen (secondary N) is 2. The minimum atomic E-state index is -0.487. The summed E-state index contributed by atoms with van der Waals surface area (Å²) in [7, 11) is 0. The van der Waals surface area contributed by atoms with E-state index in [1.54, 1.807) is 29.2 Å². The maximum atomic E-state index is 12.6. The number of hydrazine groups is 1. The third-order valence-corrected chi connectivity index (χ3v) is 5.64. The van der Waals surface area contributed by atoms with E-state index in [4.69, 9.17) is 23.2 Å². The van der Waals surface area contributed by atoms with Crippen molar-refractivity contribution in [3.05, 3.63) is 50.6 Å². The van der Waals surface area contributed by atoms with Gasteiger partial charge in [-0.2, -0.15) is 0 Å². The maximum Gasteiger partial charge on any atom is 0.264 e. The molecule has 1 aromatic heterocycles. The van der Waals surface area contributed by atoms with Gasteiger partial charge in [-0.25, -0.2) is 0 Å². The van der Waals surface area contributed by atoms with Crippen molar-refractivity contribution in [2.45, 2.75) is 25.3 Å². The third-order valence-electron chi connectivity index (χ3n) is 4.05. The highest BCUT2D eigenvalue weighted by Gasteiger charge is 2.33. The van der Waals surface area contributed by atoms with E-state index in [1.807, 2.05) is 11.4 Å². The molecule has 1 atom stereocenters. The number of carbonyl (C=O) groups is 2. The summed E-state index contributed by atoms with van der Waals surface area (Å²) in [6.07, 6.45) is 2.46. The molecule has 0 radical (unpaired) electrons. The van der Waals surface area contributed by atoms with Gasteiger partial charge in [0.1, 0.15) is 6.04 Å². The summed E-state index contributed by atoms with van der Waals surface area (Å²) in [5.41, 5.74) is 6.11. The maximum absolute atomic E-state index is 12.6. The number of likely N-dealkylation sites (tertiary alicyclic amines) is 1. The normalized spacial score (nSPS) is 17.2. The van der Waals surface area contributed by atoms with Crippen molar-refractivity contribution in [1.82, 2.24) is 10.3 Å². The molecule has 2 amide bonds. The SMILES string of the molecule is O=C(NNc1ccc(Cl)c(Cl)c1)[C@H]1CCCCN1C(=O)c1cccs1.